The van der Waals surface area contributed by atoms with Crippen LogP contribution in [0.25, 0.3) is 11.1 Å². The lowest BCUT2D eigenvalue weighted by molar-refractivity contribution is 0.0710. The molecule has 4 rings (SSSR count). The largest absolute Gasteiger partial charge is 0.337 e. The predicted octanol–water partition coefficient (Wildman–Crippen LogP) is 4.98. The number of aromatic nitrogens is 2. The number of rotatable bonds is 3. The molecule has 0 unspecified atom stereocenters. The van der Waals surface area contributed by atoms with E-state index in [4.69, 9.17) is 4.98 Å². The van der Waals surface area contributed by atoms with E-state index < -0.39 is 0 Å². The molecule has 3 aromatic rings. The fraction of sp³-hybridized carbons (Fsp3) is 0.318. The molecule has 1 fully saturated rings. The van der Waals surface area contributed by atoms with E-state index >= 15 is 0 Å². The molecule has 0 spiro atoms. The van der Waals surface area contributed by atoms with E-state index in [1.54, 1.807) is 17.6 Å². The van der Waals surface area contributed by atoms with Crippen molar-refractivity contribution < 1.29 is 9.18 Å². The van der Waals surface area contributed by atoms with Crippen molar-refractivity contribution >= 4 is 17.2 Å². The van der Waals surface area contributed by atoms with Gasteiger partial charge in [0.1, 0.15) is 10.7 Å². The van der Waals surface area contributed by atoms with Crippen LogP contribution in [0, 0.1) is 19.7 Å². The average Bonchev–Trinajstić information content (AvgIpc) is 3.13. The van der Waals surface area contributed by atoms with Gasteiger partial charge in [0.15, 0.2) is 0 Å². The first-order valence-corrected chi connectivity index (χ1v) is 10.3. The second kappa shape index (κ2) is 7.80. The van der Waals surface area contributed by atoms with E-state index in [1.807, 2.05) is 24.8 Å². The van der Waals surface area contributed by atoms with Crippen molar-refractivity contribution in [1.82, 2.24) is 14.9 Å². The molecule has 144 valence electrons. The average molecular weight is 396 g/mol. The summed E-state index contributed by atoms with van der Waals surface area (Å²) < 4.78 is 13.3. The Bertz CT molecular complexity index is 999. The lowest BCUT2D eigenvalue weighted by atomic mass is 9.92. The van der Waals surface area contributed by atoms with Crippen LogP contribution in [-0.4, -0.2) is 33.9 Å². The van der Waals surface area contributed by atoms with Gasteiger partial charge in [-0.1, -0.05) is 12.1 Å². The Labute approximate surface area is 168 Å². The minimum atomic E-state index is -0.241. The molecule has 0 saturated carbocycles. The monoisotopic (exact) mass is 395 g/mol. The summed E-state index contributed by atoms with van der Waals surface area (Å²) in [5.41, 5.74) is 6.45. The minimum Gasteiger partial charge on any atom is -0.337 e. The smallest absolute Gasteiger partial charge is 0.265 e. The maximum absolute atomic E-state index is 13.3. The minimum absolute atomic E-state index is 0.0658. The number of carbonyl (C=O) groups excluding carboxylic acids is 1. The highest BCUT2D eigenvalue weighted by molar-refractivity contribution is 7.11. The first-order chi connectivity index (χ1) is 13.5. The summed E-state index contributed by atoms with van der Waals surface area (Å²) >= 11 is 1.40. The van der Waals surface area contributed by atoms with E-state index in [0.29, 0.717) is 6.54 Å². The van der Waals surface area contributed by atoms with E-state index in [-0.39, 0.29) is 17.6 Å². The zero-order chi connectivity index (χ0) is 19.7. The number of hydrogen-bond donors (Lipinski definition) is 0. The summed E-state index contributed by atoms with van der Waals surface area (Å²) in [4.78, 5) is 24.5. The van der Waals surface area contributed by atoms with Crippen molar-refractivity contribution in [2.75, 3.05) is 13.1 Å². The Morgan fingerprint density at radius 3 is 2.68 bits per heavy atom. The number of amides is 1. The molecule has 0 bridgehead atoms. The van der Waals surface area contributed by atoms with Gasteiger partial charge in [-0.25, -0.2) is 9.37 Å². The van der Waals surface area contributed by atoms with E-state index in [0.717, 1.165) is 52.5 Å². The maximum atomic E-state index is 13.3. The van der Waals surface area contributed by atoms with Crippen LogP contribution in [0.3, 0.4) is 0 Å². The predicted molar refractivity (Wildman–Crippen MR) is 109 cm³/mol. The fourth-order valence-corrected chi connectivity index (χ4v) is 4.54. The molecule has 4 nitrogen and oxygen atoms in total. The summed E-state index contributed by atoms with van der Waals surface area (Å²) in [6, 6.07) is 10.6. The van der Waals surface area contributed by atoms with Gasteiger partial charge in [0.2, 0.25) is 0 Å². The summed E-state index contributed by atoms with van der Waals surface area (Å²) in [6.45, 7) is 5.28. The lowest BCUT2D eigenvalue weighted by Gasteiger charge is -2.32. The third kappa shape index (κ3) is 3.83. The zero-order valence-corrected chi connectivity index (χ0v) is 16.8. The van der Waals surface area contributed by atoms with Crippen LogP contribution in [0.5, 0.6) is 0 Å². The summed E-state index contributed by atoms with van der Waals surface area (Å²) in [5.74, 6) is 0.0238. The molecular formula is C22H22FN3OS. The van der Waals surface area contributed by atoms with Crippen LogP contribution >= 0.6 is 11.3 Å². The molecule has 1 aliphatic rings. The van der Waals surface area contributed by atoms with Gasteiger partial charge in [-0.15, -0.1) is 11.3 Å². The van der Waals surface area contributed by atoms with Crippen molar-refractivity contribution in [2.45, 2.75) is 32.6 Å². The van der Waals surface area contributed by atoms with E-state index in [2.05, 4.69) is 11.1 Å². The molecule has 3 heterocycles. The molecule has 2 aromatic heterocycles. The Morgan fingerprint density at radius 1 is 1.18 bits per heavy atom. The Kier molecular flexibility index (Phi) is 5.22. The number of piperidine rings is 1. The quantitative estimate of drug-likeness (QED) is 0.628. The summed E-state index contributed by atoms with van der Waals surface area (Å²) in [5, 5.41) is 0. The third-order valence-electron chi connectivity index (χ3n) is 5.22. The van der Waals surface area contributed by atoms with Crippen LogP contribution < -0.4 is 0 Å². The zero-order valence-electron chi connectivity index (χ0n) is 16.0. The van der Waals surface area contributed by atoms with Gasteiger partial charge >= 0.3 is 0 Å². The van der Waals surface area contributed by atoms with Crippen molar-refractivity contribution in [3.8, 4) is 11.1 Å². The maximum Gasteiger partial charge on any atom is 0.265 e. The topological polar surface area (TPSA) is 46.1 Å². The molecular weight excluding hydrogens is 373 g/mol. The normalized spacial score (nSPS) is 17.0. The molecule has 28 heavy (non-hydrogen) atoms. The van der Waals surface area contributed by atoms with Gasteiger partial charge in [-0.05, 0) is 62.1 Å². The van der Waals surface area contributed by atoms with Crippen molar-refractivity contribution in [2.24, 2.45) is 0 Å². The molecule has 0 radical (unpaired) electrons. The van der Waals surface area contributed by atoms with Gasteiger partial charge in [0, 0.05) is 30.4 Å². The number of aryl methyl sites for hydroxylation is 2. The third-order valence-corrected chi connectivity index (χ3v) is 6.13. The van der Waals surface area contributed by atoms with Gasteiger partial charge in [0.25, 0.3) is 5.91 Å². The number of hydrogen-bond acceptors (Lipinski definition) is 4. The van der Waals surface area contributed by atoms with E-state index in [1.165, 1.54) is 23.5 Å². The first kappa shape index (κ1) is 18.7. The van der Waals surface area contributed by atoms with Crippen LogP contribution in [0.2, 0.25) is 0 Å². The molecule has 1 amide bonds. The fourth-order valence-electron chi connectivity index (χ4n) is 3.77. The number of thiazole rings is 1. The molecule has 6 heteroatoms. The number of carbonyl (C=O) groups is 1. The van der Waals surface area contributed by atoms with Crippen LogP contribution in [0.1, 0.15) is 45.5 Å². The number of likely N-dealkylation sites (tertiary alicyclic amines) is 1. The molecule has 1 atom stereocenters. The number of halogens is 1. The van der Waals surface area contributed by atoms with Crippen molar-refractivity contribution in [3.63, 3.8) is 0 Å². The molecule has 1 aromatic carbocycles. The van der Waals surface area contributed by atoms with Gasteiger partial charge < -0.3 is 4.90 Å². The Hall–Kier alpha value is -2.60. The van der Waals surface area contributed by atoms with E-state index in [9.17, 15) is 9.18 Å². The van der Waals surface area contributed by atoms with Gasteiger partial charge in [-0.2, -0.15) is 0 Å². The number of nitrogens with zero attached hydrogens (tertiary/aromatic N) is 3. The molecule has 0 N–H and O–H groups in total. The van der Waals surface area contributed by atoms with Gasteiger partial charge in [0.05, 0.1) is 11.2 Å². The standard InChI is InChI=1S/C22H22FN3OS/c1-14-10-18(16-5-7-19(23)8-6-16)11-20(25-14)17-4-3-9-26(12-17)22(27)21-15(2)24-13-28-21/h5-8,10-11,13,17H,3-4,9,12H2,1-2H3/t17-/m1/s1. The second-order valence-corrected chi connectivity index (χ2v) is 8.14. The highest BCUT2D eigenvalue weighted by Crippen LogP contribution is 2.31. The SMILES string of the molecule is Cc1cc(-c2ccc(F)cc2)cc([C@@H]2CCCN(C(=O)c3scnc3C)C2)n1. The molecule has 1 saturated heterocycles. The Balaban J connectivity index is 1.59. The highest BCUT2D eigenvalue weighted by atomic mass is 32.1. The van der Waals surface area contributed by atoms with Crippen LogP contribution in [0.4, 0.5) is 4.39 Å². The molecule has 1 aliphatic heterocycles. The van der Waals surface area contributed by atoms with Gasteiger partial charge in [-0.3, -0.25) is 9.78 Å². The number of pyridine rings is 1. The van der Waals surface area contributed by atoms with Crippen molar-refractivity contribution in [3.05, 3.63) is 69.7 Å². The van der Waals surface area contributed by atoms with Crippen molar-refractivity contribution in [1.29, 1.82) is 0 Å². The summed E-state index contributed by atoms with van der Waals surface area (Å²) in [6.07, 6.45) is 1.96. The second-order valence-electron chi connectivity index (χ2n) is 7.29. The highest BCUT2D eigenvalue weighted by Gasteiger charge is 2.28. The first-order valence-electron chi connectivity index (χ1n) is 9.45. The van der Waals surface area contributed by atoms with Crippen LogP contribution in [0.15, 0.2) is 41.9 Å². The number of benzene rings is 1. The summed E-state index contributed by atoms with van der Waals surface area (Å²) in [7, 11) is 0. The molecule has 0 aliphatic carbocycles. The Morgan fingerprint density at radius 2 is 1.96 bits per heavy atom. The van der Waals surface area contributed by atoms with Crippen LogP contribution in [-0.2, 0) is 0 Å². The lowest BCUT2D eigenvalue weighted by Crippen LogP contribution is -2.39.